The van der Waals surface area contributed by atoms with Gasteiger partial charge in [-0.05, 0) is 37.0 Å². The van der Waals surface area contributed by atoms with Gasteiger partial charge in [-0.2, -0.15) is 0 Å². The van der Waals surface area contributed by atoms with E-state index in [2.05, 4.69) is 12.2 Å². The normalized spacial score (nSPS) is 22.4. The predicted molar refractivity (Wildman–Crippen MR) is 81.3 cm³/mol. The predicted octanol–water partition coefficient (Wildman–Crippen LogP) is 3.59. The second kappa shape index (κ2) is 6.98. The van der Waals surface area contributed by atoms with E-state index in [0.717, 1.165) is 12.0 Å². The van der Waals surface area contributed by atoms with E-state index in [9.17, 15) is 4.79 Å². The van der Waals surface area contributed by atoms with Crippen molar-refractivity contribution in [2.24, 2.45) is 5.92 Å². The van der Waals surface area contributed by atoms with Gasteiger partial charge in [0.1, 0.15) is 5.75 Å². The summed E-state index contributed by atoms with van der Waals surface area (Å²) >= 11 is 5.99. The quantitative estimate of drug-likeness (QED) is 0.922. The molecule has 1 aromatic carbocycles. The van der Waals surface area contributed by atoms with Crippen LogP contribution in [-0.2, 0) is 11.2 Å². The molecule has 1 N–H and O–H groups in total. The van der Waals surface area contributed by atoms with Crippen molar-refractivity contribution in [2.45, 2.75) is 45.1 Å². The Morgan fingerprint density at radius 3 is 2.85 bits per heavy atom. The summed E-state index contributed by atoms with van der Waals surface area (Å²) in [5, 5.41) is 3.77. The van der Waals surface area contributed by atoms with Crippen LogP contribution in [0, 0.1) is 5.92 Å². The van der Waals surface area contributed by atoms with Crippen LogP contribution in [0.3, 0.4) is 0 Å². The van der Waals surface area contributed by atoms with Crippen molar-refractivity contribution in [1.29, 1.82) is 0 Å². The van der Waals surface area contributed by atoms with Crippen LogP contribution in [0.15, 0.2) is 18.2 Å². The Hall–Kier alpha value is -1.22. The summed E-state index contributed by atoms with van der Waals surface area (Å²) in [5.74, 6) is 1.32. The topological polar surface area (TPSA) is 38.3 Å². The monoisotopic (exact) mass is 295 g/mol. The molecule has 2 atom stereocenters. The minimum atomic E-state index is 0.0457. The number of carbonyl (C=O) groups is 1. The van der Waals surface area contributed by atoms with Crippen molar-refractivity contribution in [2.75, 3.05) is 7.11 Å². The van der Waals surface area contributed by atoms with Crippen molar-refractivity contribution < 1.29 is 9.53 Å². The van der Waals surface area contributed by atoms with Gasteiger partial charge in [-0.15, -0.1) is 0 Å². The van der Waals surface area contributed by atoms with E-state index in [0.29, 0.717) is 29.2 Å². The molecule has 110 valence electrons. The van der Waals surface area contributed by atoms with Gasteiger partial charge in [0.25, 0.3) is 0 Å². The third-order valence-corrected chi connectivity index (χ3v) is 4.29. The van der Waals surface area contributed by atoms with Gasteiger partial charge in [0.2, 0.25) is 5.91 Å². The smallest absolute Gasteiger partial charge is 0.224 e. The van der Waals surface area contributed by atoms with Crippen LogP contribution in [0.1, 0.15) is 38.2 Å². The average Bonchev–Trinajstić information content (AvgIpc) is 2.41. The number of amides is 1. The first-order valence-corrected chi connectivity index (χ1v) is 7.59. The first kappa shape index (κ1) is 15.2. The lowest BCUT2D eigenvalue weighted by molar-refractivity contribution is -0.121. The lowest BCUT2D eigenvalue weighted by Crippen LogP contribution is -2.41. The van der Waals surface area contributed by atoms with Gasteiger partial charge in [-0.3, -0.25) is 4.79 Å². The van der Waals surface area contributed by atoms with E-state index >= 15 is 0 Å². The van der Waals surface area contributed by atoms with Crippen LogP contribution in [0.5, 0.6) is 5.75 Å². The van der Waals surface area contributed by atoms with Gasteiger partial charge in [-0.25, -0.2) is 0 Å². The molecule has 20 heavy (non-hydrogen) atoms. The zero-order chi connectivity index (χ0) is 14.5. The van der Waals surface area contributed by atoms with Gasteiger partial charge < -0.3 is 10.1 Å². The number of halogens is 1. The summed E-state index contributed by atoms with van der Waals surface area (Å²) in [4.78, 5) is 12.2. The number of nitrogens with one attached hydrogen (secondary N) is 1. The molecule has 1 aromatic rings. The van der Waals surface area contributed by atoms with Gasteiger partial charge in [0.15, 0.2) is 0 Å². The second-order valence-electron chi connectivity index (χ2n) is 5.57. The molecule has 1 fully saturated rings. The van der Waals surface area contributed by atoms with Crippen molar-refractivity contribution in [3.8, 4) is 5.75 Å². The molecule has 2 rings (SSSR count). The maximum absolute atomic E-state index is 12.2. The number of hydrogen-bond acceptors (Lipinski definition) is 2. The largest absolute Gasteiger partial charge is 0.496 e. The molecule has 0 aromatic heterocycles. The standard InChI is InChI=1S/C16H22ClNO2/c1-11-5-3-4-6-14(11)18-16(19)10-12-9-13(17)7-8-15(12)20-2/h7-9,11,14H,3-6,10H2,1-2H3,(H,18,19)/t11-,14+/m0/s1. The van der Waals surface area contributed by atoms with Gasteiger partial charge in [-0.1, -0.05) is 31.4 Å². The first-order chi connectivity index (χ1) is 9.60. The van der Waals surface area contributed by atoms with Gasteiger partial charge in [0.05, 0.1) is 13.5 Å². The van der Waals surface area contributed by atoms with E-state index in [1.807, 2.05) is 0 Å². The molecule has 1 aliphatic rings. The Morgan fingerprint density at radius 2 is 2.15 bits per heavy atom. The molecular formula is C16H22ClNO2. The van der Waals surface area contributed by atoms with Crippen molar-refractivity contribution in [1.82, 2.24) is 5.32 Å². The molecule has 0 bridgehead atoms. The van der Waals surface area contributed by atoms with Gasteiger partial charge in [0, 0.05) is 16.6 Å². The fourth-order valence-electron chi connectivity index (χ4n) is 2.85. The summed E-state index contributed by atoms with van der Waals surface area (Å²) in [5.41, 5.74) is 0.834. The molecule has 3 nitrogen and oxygen atoms in total. The molecule has 0 heterocycles. The summed E-state index contributed by atoms with van der Waals surface area (Å²) in [6.07, 6.45) is 5.07. The number of benzene rings is 1. The maximum Gasteiger partial charge on any atom is 0.224 e. The van der Waals surface area contributed by atoms with Crippen LogP contribution in [0.4, 0.5) is 0 Å². The lowest BCUT2D eigenvalue weighted by Gasteiger charge is -2.29. The minimum absolute atomic E-state index is 0.0457. The molecule has 0 unspecified atom stereocenters. The molecule has 0 aliphatic heterocycles. The van der Waals surface area contributed by atoms with Crippen LogP contribution in [-0.4, -0.2) is 19.1 Å². The molecule has 0 saturated heterocycles. The van der Waals surface area contributed by atoms with Crippen LogP contribution >= 0.6 is 11.6 Å². The average molecular weight is 296 g/mol. The summed E-state index contributed by atoms with van der Waals surface area (Å²) in [7, 11) is 1.61. The SMILES string of the molecule is COc1ccc(Cl)cc1CC(=O)N[C@@H]1CCCC[C@@H]1C. The number of hydrogen-bond donors (Lipinski definition) is 1. The Bertz CT molecular complexity index is 476. The molecule has 1 amide bonds. The maximum atomic E-state index is 12.2. The molecule has 1 aliphatic carbocycles. The highest BCUT2D eigenvalue weighted by Crippen LogP contribution is 2.25. The van der Waals surface area contributed by atoms with E-state index in [1.165, 1.54) is 19.3 Å². The second-order valence-corrected chi connectivity index (χ2v) is 6.01. The summed E-state index contributed by atoms with van der Waals surface area (Å²) in [6, 6.07) is 5.67. The molecule has 0 radical (unpaired) electrons. The van der Waals surface area contributed by atoms with Crippen molar-refractivity contribution in [3.05, 3.63) is 28.8 Å². The van der Waals surface area contributed by atoms with E-state index in [4.69, 9.17) is 16.3 Å². The zero-order valence-electron chi connectivity index (χ0n) is 12.1. The van der Waals surface area contributed by atoms with Crippen molar-refractivity contribution in [3.63, 3.8) is 0 Å². The van der Waals surface area contributed by atoms with Gasteiger partial charge >= 0.3 is 0 Å². The zero-order valence-corrected chi connectivity index (χ0v) is 12.9. The highest BCUT2D eigenvalue weighted by atomic mass is 35.5. The summed E-state index contributed by atoms with van der Waals surface area (Å²) in [6.45, 7) is 2.21. The first-order valence-electron chi connectivity index (χ1n) is 7.22. The van der Waals surface area contributed by atoms with E-state index in [-0.39, 0.29) is 5.91 Å². The minimum Gasteiger partial charge on any atom is -0.496 e. The number of ether oxygens (including phenoxy) is 1. The molecule has 0 spiro atoms. The fourth-order valence-corrected chi connectivity index (χ4v) is 3.04. The Balaban J connectivity index is 1.99. The number of methoxy groups -OCH3 is 1. The molecule has 1 saturated carbocycles. The van der Waals surface area contributed by atoms with Crippen molar-refractivity contribution >= 4 is 17.5 Å². The Morgan fingerprint density at radius 1 is 1.40 bits per heavy atom. The Labute approximate surface area is 125 Å². The Kier molecular flexibility index (Phi) is 5.30. The highest BCUT2D eigenvalue weighted by Gasteiger charge is 2.23. The van der Waals surface area contributed by atoms with E-state index in [1.54, 1.807) is 25.3 Å². The third-order valence-electron chi connectivity index (χ3n) is 4.05. The summed E-state index contributed by atoms with van der Waals surface area (Å²) < 4.78 is 5.27. The highest BCUT2D eigenvalue weighted by molar-refractivity contribution is 6.30. The number of rotatable bonds is 4. The fraction of sp³-hybridized carbons (Fsp3) is 0.562. The lowest BCUT2D eigenvalue weighted by atomic mass is 9.86. The van der Waals surface area contributed by atoms with Crippen LogP contribution < -0.4 is 10.1 Å². The third kappa shape index (κ3) is 3.89. The molecule has 4 heteroatoms. The number of carbonyl (C=O) groups excluding carboxylic acids is 1. The van der Waals surface area contributed by atoms with E-state index < -0.39 is 0 Å². The van der Waals surface area contributed by atoms with Crippen LogP contribution in [0.25, 0.3) is 0 Å². The molecular weight excluding hydrogens is 274 g/mol. The van der Waals surface area contributed by atoms with Crippen LogP contribution in [0.2, 0.25) is 5.02 Å².